The Kier molecular flexibility index (Phi) is 2.86. The SMILES string of the molecule is CC(=N)/C(=C(/C)N)c1ccc(N)cn1. The molecule has 4 nitrogen and oxygen atoms in total. The summed E-state index contributed by atoms with van der Waals surface area (Å²) in [5.74, 6) is 0. The minimum Gasteiger partial charge on any atom is -0.402 e. The summed E-state index contributed by atoms with van der Waals surface area (Å²) in [4.78, 5) is 4.12. The zero-order valence-electron chi connectivity index (χ0n) is 8.33. The quantitative estimate of drug-likeness (QED) is 0.616. The Morgan fingerprint density at radius 3 is 2.36 bits per heavy atom. The van der Waals surface area contributed by atoms with Crippen LogP contribution in [-0.2, 0) is 0 Å². The lowest BCUT2D eigenvalue weighted by Crippen LogP contribution is -2.06. The van der Waals surface area contributed by atoms with Crippen LogP contribution in [0.15, 0.2) is 24.0 Å². The number of rotatable bonds is 2. The Bertz CT molecular complexity index is 372. The largest absolute Gasteiger partial charge is 0.402 e. The van der Waals surface area contributed by atoms with Crippen molar-refractivity contribution in [3.8, 4) is 0 Å². The van der Waals surface area contributed by atoms with Gasteiger partial charge >= 0.3 is 0 Å². The molecular weight excluding hydrogens is 176 g/mol. The van der Waals surface area contributed by atoms with Crippen LogP contribution >= 0.6 is 0 Å². The van der Waals surface area contributed by atoms with E-state index in [4.69, 9.17) is 16.9 Å². The lowest BCUT2D eigenvalue weighted by Gasteiger charge is -2.07. The van der Waals surface area contributed by atoms with Gasteiger partial charge in [0.25, 0.3) is 0 Å². The van der Waals surface area contributed by atoms with Crippen molar-refractivity contribution in [1.82, 2.24) is 4.98 Å². The minimum absolute atomic E-state index is 0.405. The molecule has 74 valence electrons. The third kappa shape index (κ3) is 2.10. The minimum atomic E-state index is 0.405. The average molecular weight is 190 g/mol. The van der Waals surface area contributed by atoms with Gasteiger partial charge in [0.2, 0.25) is 0 Å². The number of pyridine rings is 1. The molecule has 0 fully saturated rings. The predicted octanol–water partition coefficient (Wildman–Crippen LogP) is 1.39. The Labute approximate surface area is 83.2 Å². The van der Waals surface area contributed by atoms with Crippen molar-refractivity contribution < 1.29 is 0 Å². The van der Waals surface area contributed by atoms with Gasteiger partial charge in [-0.05, 0) is 26.0 Å². The second kappa shape index (κ2) is 3.91. The Morgan fingerprint density at radius 1 is 1.36 bits per heavy atom. The van der Waals surface area contributed by atoms with Gasteiger partial charge < -0.3 is 16.9 Å². The zero-order valence-corrected chi connectivity index (χ0v) is 8.33. The Balaban J connectivity index is 3.21. The Morgan fingerprint density at radius 2 is 2.00 bits per heavy atom. The summed E-state index contributed by atoms with van der Waals surface area (Å²) in [6, 6.07) is 3.51. The van der Waals surface area contributed by atoms with E-state index in [0.717, 1.165) is 0 Å². The normalized spacial score (nSPS) is 12.1. The molecular formula is C10H14N4. The van der Waals surface area contributed by atoms with Crippen molar-refractivity contribution in [3.63, 3.8) is 0 Å². The van der Waals surface area contributed by atoms with Crippen molar-refractivity contribution in [3.05, 3.63) is 29.7 Å². The van der Waals surface area contributed by atoms with Gasteiger partial charge in [0.1, 0.15) is 0 Å². The standard InChI is InChI=1S/C10H14N4/c1-6(11)10(7(2)12)9-4-3-8(13)5-14-9/h3-5,11H,12-13H2,1-2H3/b10-7+,11-6?. The fourth-order valence-corrected chi connectivity index (χ4v) is 1.24. The lowest BCUT2D eigenvalue weighted by atomic mass is 10.1. The summed E-state index contributed by atoms with van der Waals surface area (Å²) in [7, 11) is 0. The lowest BCUT2D eigenvalue weighted by molar-refractivity contribution is 1.24. The summed E-state index contributed by atoms with van der Waals surface area (Å²) in [6.07, 6.45) is 1.56. The monoisotopic (exact) mass is 190 g/mol. The smallest absolute Gasteiger partial charge is 0.0738 e. The van der Waals surface area contributed by atoms with Crippen LogP contribution in [0.25, 0.3) is 5.57 Å². The van der Waals surface area contributed by atoms with Crippen LogP contribution in [0.4, 0.5) is 5.69 Å². The number of nitrogens with zero attached hydrogens (tertiary/aromatic N) is 1. The number of anilines is 1. The van der Waals surface area contributed by atoms with Crippen molar-refractivity contribution >= 4 is 17.0 Å². The molecule has 0 radical (unpaired) electrons. The van der Waals surface area contributed by atoms with Crippen LogP contribution in [0.2, 0.25) is 0 Å². The maximum atomic E-state index is 7.56. The van der Waals surface area contributed by atoms with Gasteiger partial charge in [-0.25, -0.2) is 0 Å². The van der Waals surface area contributed by atoms with E-state index in [1.807, 2.05) is 0 Å². The summed E-state index contributed by atoms with van der Waals surface area (Å²) >= 11 is 0. The second-order valence-corrected chi connectivity index (χ2v) is 3.16. The van der Waals surface area contributed by atoms with Gasteiger partial charge in [-0.2, -0.15) is 0 Å². The van der Waals surface area contributed by atoms with E-state index >= 15 is 0 Å². The molecule has 0 saturated carbocycles. The molecule has 1 heterocycles. The summed E-state index contributed by atoms with van der Waals surface area (Å²) in [5, 5.41) is 7.56. The molecule has 5 N–H and O–H groups in total. The topological polar surface area (TPSA) is 88.8 Å². The van der Waals surface area contributed by atoms with Crippen molar-refractivity contribution in [2.45, 2.75) is 13.8 Å². The molecule has 0 saturated heterocycles. The highest BCUT2D eigenvalue weighted by molar-refractivity contribution is 6.21. The van der Waals surface area contributed by atoms with E-state index in [2.05, 4.69) is 4.98 Å². The number of aromatic nitrogens is 1. The first-order chi connectivity index (χ1) is 6.52. The maximum absolute atomic E-state index is 7.56. The molecule has 0 atom stereocenters. The van der Waals surface area contributed by atoms with Crippen molar-refractivity contribution in [1.29, 1.82) is 5.41 Å². The van der Waals surface area contributed by atoms with E-state index in [9.17, 15) is 0 Å². The molecule has 0 aliphatic carbocycles. The van der Waals surface area contributed by atoms with Crippen LogP contribution in [0.5, 0.6) is 0 Å². The van der Waals surface area contributed by atoms with E-state index in [0.29, 0.717) is 28.4 Å². The first kappa shape index (κ1) is 10.2. The first-order valence-electron chi connectivity index (χ1n) is 4.26. The zero-order chi connectivity index (χ0) is 10.7. The maximum Gasteiger partial charge on any atom is 0.0738 e. The second-order valence-electron chi connectivity index (χ2n) is 3.16. The molecule has 0 unspecified atom stereocenters. The van der Waals surface area contributed by atoms with Gasteiger partial charge in [-0.1, -0.05) is 0 Å². The molecule has 0 spiro atoms. The summed E-state index contributed by atoms with van der Waals surface area (Å²) < 4.78 is 0. The molecule has 1 aromatic heterocycles. The van der Waals surface area contributed by atoms with Crippen LogP contribution < -0.4 is 11.5 Å². The molecule has 14 heavy (non-hydrogen) atoms. The third-order valence-electron chi connectivity index (χ3n) is 1.81. The average Bonchev–Trinajstić information content (AvgIpc) is 2.07. The fraction of sp³-hybridized carbons (Fsp3) is 0.200. The molecule has 0 aromatic carbocycles. The third-order valence-corrected chi connectivity index (χ3v) is 1.81. The van der Waals surface area contributed by atoms with Gasteiger partial charge in [0.15, 0.2) is 0 Å². The van der Waals surface area contributed by atoms with Gasteiger partial charge in [-0.3, -0.25) is 4.98 Å². The van der Waals surface area contributed by atoms with Crippen LogP contribution in [0.1, 0.15) is 19.5 Å². The molecule has 0 bridgehead atoms. The molecule has 0 amide bonds. The van der Waals surface area contributed by atoms with Crippen molar-refractivity contribution in [2.75, 3.05) is 5.73 Å². The molecule has 1 aromatic rings. The predicted molar refractivity (Wildman–Crippen MR) is 58.8 cm³/mol. The van der Waals surface area contributed by atoms with E-state index in [1.165, 1.54) is 0 Å². The number of allylic oxidation sites excluding steroid dienone is 2. The summed E-state index contributed by atoms with van der Waals surface area (Å²) in [5.41, 5.74) is 14.1. The molecule has 4 heteroatoms. The van der Waals surface area contributed by atoms with Crippen LogP contribution in [-0.4, -0.2) is 10.7 Å². The highest BCUT2D eigenvalue weighted by Crippen LogP contribution is 2.16. The number of hydrogen-bond donors (Lipinski definition) is 3. The highest BCUT2D eigenvalue weighted by Gasteiger charge is 2.07. The van der Waals surface area contributed by atoms with E-state index in [1.54, 1.807) is 32.2 Å². The van der Waals surface area contributed by atoms with E-state index in [-0.39, 0.29) is 0 Å². The molecule has 0 aliphatic rings. The first-order valence-corrected chi connectivity index (χ1v) is 4.26. The highest BCUT2D eigenvalue weighted by atomic mass is 14.7. The van der Waals surface area contributed by atoms with Gasteiger partial charge in [0, 0.05) is 17.0 Å². The fourth-order valence-electron chi connectivity index (χ4n) is 1.24. The van der Waals surface area contributed by atoms with Crippen LogP contribution in [0, 0.1) is 5.41 Å². The number of nitrogens with one attached hydrogen (secondary N) is 1. The van der Waals surface area contributed by atoms with Gasteiger partial charge in [-0.15, -0.1) is 0 Å². The molecule has 1 rings (SSSR count). The number of nitrogens with two attached hydrogens (primary N) is 2. The number of hydrogen-bond acceptors (Lipinski definition) is 4. The Hall–Kier alpha value is -1.84. The van der Waals surface area contributed by atoms with Crippen molar-refractivity contribution in [2.24, 2.45) is 5.73 Å². The van der Waals surface area contributed by atoms with Crippen LogP contribution in [0.3, 0.4) is 0 Å². The number of nitrogen functional groups attached to an aromatic ring is 1. The van der Waals surface area contributed by atoms with E-state index < -0.39 is 0 Å². The summed E-state index contributed by atoms with van der Waals surface area (Å²) in [6.45, 7) is 3.44. The van der Waals surface area contributed by atoms with Gasteiger partial charge in [0.05, 0.1) is 17.6 Å². The molecule has 0 aliphatic heterocycles.